The zero-order valence-corrected chi connectivity index (χ0v) is 13.0. The van der Waals surface area contributed by atoms with Crippen molar-refractivity contribution >= 4 is 16.0 Å². The summed E-state index contributed by atoms with van der Waals surface area (Å²) in [6, 6.07) is 5.31. The van der Waals surface area contributed by atoms with Crippen molar-refractivity contribution in [2.45, 2.75) is 43.9 Å². The number of benzene rings is 1. The van der Waals surface area contributed by atoms with Crippen LogP contribution in [0, 0.1) is 0 Å². The van der Waals surface area contributed by atoms with Crippen molar-refractivity contribution < 1.29 is 17.9 Å². The van der Waals surface area contributed by atoms with Crippen LogP contribution in [0.4, 0.5) is 0 Å². The Bertz CT molecular complexity index is 610. The smallest absolute Gasteiger partial charge is 0.305 e. The van der Waals surface area contributed by atoms with Crippen molar-refractivity contribution in [1.29, 1.82) is 0 Å². The molecule has 0 aliphatic heterocycles. The maximum Gasteiger partial charge on any atom is 0.305 e. The maximum atomic E-state index is 12.2. The van der Waals surface area contributed by atoms with Gasteiger partial charge in [0.25, 0.3) is 0 Å². The molecule has 116 valence electrons. The molecule has 0 unspecified atom stereocenters. The van der Waals surface area contributed by atoms with Crippen LogP contribution in [-0.4, -0.2) is 27.5 Å². The van der Waals surface area contributed by atoms with E-state index in [1.807, 2.05) is 6.07 Å². The second kappa shape index (κ2) is 7.04. The molecule has 1 N–H and O–H groups in total. The van der Waals surface area contributed by atoms with Gasteiger partial charge in [0.15, 0.2) is 0 Å². The summed E-state index contributed by atoms with van der Waals surface area (Å²) in [5, 5.41) is 0. The largest absolute Gasteiger partial charge is 0.466 e. The predicted octanol–water partition coefficient (Wildman–Crippen LogP) is 1.80. The molecular formula is C15H21NO4S. The Morgan fingerprint density at radius 3 is 2.81 bits per heavy atom. The topological polar surface area (TPSA) is 72.5 Å². The minimum absolute atomic E-state index is 0.223. The summed E-state index contributed by atoms with van der Waals surface area (Å²) in [7, 11) is -3.49. The van der Waals surface area contributed by atoms with Crippen molar-refractivity contribution in [3.63, 3.8) is 0 Å². The van der Waals surface area contributed by atoms with Crippen molar-refractivity contribution in [2.24, 2.45) is 0 Å². The highest BCUT2D eigenvalue weighted by molar-refractivity contribution is 7.89. The Kier molecular flexibility index (Phi) is 5.36. The summed E-state index contributed by atoms with van der Waals surface area (Å²) in [4.78, 5) is 11.5. The Labute approximate surface area is 125 Å². The summed E-state index contributed by atoms with van der Waals surface area (Å²) < 4.78 is 31.7. The first-order chi connectivity index (χ1) is 10.0. The van der Waals surface area contributed by atoms with Gasteiger partial charge in [-0.05, 0) is 55.9 Å². The van der Waals surface area contributed by atoms with Crippen molar-refractivity contribution in [3.05, 3.63) is 29.3 Å². The lowest BCUT2D eigenvalue weighted by atomic mass is 10.1. The summed E-state index contributed by atoms with van der Waals surface area (Å²) in [6.07, 6.45) is 3.72. The number of ether oxygens (including phenoxy) is 1. The van der Waals surface area contributed by atoms with E-state index in [0.29, 0.717) is 17.9 Å². The number of nitrogens with one attached hydrogen (secondary N) is 1. The van der Waals surface area contributed by atoms with E-state index in [4.69, 9.17) is 4.74 Å². The number of esters is 1. The molecule has 0 spiro atoms. The highest BCUT2D eigenvalue weighted by Gasteiger charge is 2.18. The molecule has 1 aromatic carbocycles. The zero-order chi connectivity index (χ0) is 15.3. The SMILES string of the molecule is CCOC(=O)CCCNS(=O)(=O)c1ccc2c(c1)CCC2. The van der Waals surface area contributed by atoms with Gasteiger partial charge in [-0.15, -0.1) is 0 Å². The van der Waals surface area contributed by atoms with Gasteiger partial charge in [-0.2, -0.15) is 0 Å². The van der Waals surface area contributed by atoms with Gasteiger partial charge in [-0.3, -0.25) is 4.79 Å². The van der Waals surface area contributed by atoms with Gasteiger partial charge in [0, 0.05) is 13.0 Å². The quantitative estimate of drug-likeness (QED) is 0.615. The molecule has 0 heterocycles. The summed E-state index contributed by atoms with van der Waals surface area (Å²) >= 11 is 0. The monoisotopic (exact) mass is 311 g/mol. The number of hydrogen-bond acceptors (Lipinski definition) is 4. The fourth-order valence-corrected chi connectivity index (χ4v) is 3.60. The normalized spacial score (nSPS) is 14.0. The standard InChI is InChI=1S/C15H21NO4S/c1-2-20-15(17)7-4-10-16-21(18,19)14-9-8-12-5-3-6-13(12)11-14/h8-9,11,16H,2-7,10H2,1H3. The van der Waals surface area contributed by atoms with E-state index < -0.39 is 10.0 Å². The van der Waals surface area contributed by atoms with Crippen LogP contribution in [0.5, 0.6) is 0 Å². The second-order valence-corrected chi connectivity index (χ2v) is 6.86. The molecule has 1 aliphatic carbocycles. The van der Waals surface area contributed by atoms with E-state index >= 15 is 0 Å². The van der Waals surface area contributed by atoms with E-state index in [0.717, 1.165) is 24.8 Å². The van der Waals surface area contributed by atoms with Crippen molar-refractivity contribution in [2.75, 3.05) is 13.2 Å². The molecule has 0 amide bonds. The van der Waals surface area contributed by atoms with Crippen molar-refractivity contribution in [3.8, 4) is 0 Å². The lowest BCUT2D eigenvalue weighted by molar-refractivity contribution is -0.143. The Balaban J connectivity index is 1.89. The van der Waals surface area contributed by atoms with Crippen LogP contribution in [-0.2, 0) is 32.4 Å². The van der Waals surface area contributed by atoms with Gasteiger partial charge < -0.3 is 4.74 Å². The summed E-state index contributed by atoms with van der Waals surface area (Å²) in [5.41, 5.74) is 2.38. The molecule has 5 nitrogen and oxygen atoms in total. The molecule has 6 heteroatoms. The van der Waals surface area contributed by atoms with Crippen LogP contribution >= 0.6 is 0 Å². The molecule has 0 radical (unpaired) electrons. The molecule has 0 aromatic heterocycles. The molecule has 1 aliphatic rings. The number of aryl methyl sites for hydroxylation is 2. The Hall–Kier alpha value is -1.40. The second-order valence-electron chi connectivity index (χ2n) is 5.09. The number of carbonyl (C=O) groups is 1. The maximum absolute atomic E-state index is 12.2. The van der Waals surface area contributed by atoms with Gasteiger partial charge >= 0.3 is 5.97 Å². The van der Waals surface area contributed by atoms with Gasteiger partial charge in [0.2, 0.25) is 10.0 Å². The van der Waals surface area contributed by atoms with E-state index in [1.54, 1.807) is 19.1 Å². The van der Waals surface area contributed by atoms with Crippen LogP contribution in [0.25, 0.3) is 0 Å². The third-order valence-electron chi connectivity index (χ3n) is 3.54. The first-order valence-corrected chi connectivity index (χ1v) is 8.78. The third-order valence-corrected chi connectivity index (χ3v) is 4.99. The molecule has 1 aromatic rings. The highest BCUT2D eigenvalue weighted by atomic mass is 32.2. The van der Waals surface area contributed by atoms with Crippen LogP contribution in [0.15, 0.2) is 23.1 Å². The molecule has 0 fully saturated rings. The first kappa shape index (κ1) is 16.0. The van der Waals surface area contributed by atoms with Crippen LogP contribution < -0.4 is 4.72 Å². The first-order valence-electron chi connectivity index (χ1n) is 7.30. The van der Waals surface area contributed by atoms with E-state index in [2.05, 4.69) is 4.72 Å². The molecule has 0 atom stereocenters. The van der Waals surface area contributed by atoms with E-state index in [9.17, 15) is 13.2 Å². The summed E-state index contributed by atoms with van der Waals surface area (Å²) in [6.45, 7) is 2.33. The number of sulfonamides is 1. The molecular weight excluding hydrogens is 290 g/mol. The number of rotatable bonds is 7. The van der Waals surface area contributed by atoms with Crippen molar-refractivity contribution in [1.82, 2.24) is 4.72 Å². The average Bonchev–Trinajstić information content (AvgIpc) is 2.91. The predicted molar refractivity (Wildman–Crippen MR) is 79.5 cm³/mol. The highest BCUT2D eigenvalue weighted by Crippen LogP contribution is 2.24. The van der Waals surface area contributed by atoms with E-state index in [-0.39, 0.29) is 18.9 Å². The number of hydrogen-bond donors (Lipinski definition) is 1. The molecule has 21 heavy (non-hydrogen) atoms. The Morgan fingerprint density at radius 1 is 1.29 bits per heavy atom. The number of carbonyl (C=O) groups excluding carboxylic acids is 1. The third kappa shape index (κ3) is 4.28. The minimum atomic E-state index is -3.49. The molecule has 0 bridgehead atoms. The van der Waals surface area contributed by atoms with Crippen LogP contribution in [0.3, 0.4) is 0 Å². The summed E-state index contributed by atoms with van der Waals surface area (Å²) in [5.74, 6) is -0.297. The van der Waals surface area contributed by atoms with Crippen LogP contribution in [0.1, 0.15) is 37.3 Å². The van der Waals surface area contributed by atoms with Gasteiger partial charge in [-0.1, -0.05) is 6.07 Å². The van der Waals surface area contributed by atoms with Crippen LogP contribution in [0.2, 0.25) is 0 Å². The number of fused-ring (bicyclic) bond motifs is 1. The van der Waals surface area contributed by atoms with Gasteiger partial charge in [0.1, 0.15) is 0 Å². The van der Waals surface area contributed by atoms with E-state index in [1.165, 1.54) is 5.56 Å². The Morgan fingerprint density at radius 2 is 2.05 bits per heavy atom. The lowest BCUT2D eigenvalue weighted by Gasteiger charge is -2.08. The molecule has 0 saturated carbocycles. The van der Waals surface area contributed by atoms with Gasteiger partial charge in [-0.25, -0.2) is 13.1 Å². The minimum Gasteiger partial charge on any atom is -0.466 e. The molecule has 0 saturated heterocycles. The zero-order valence-electron chi connectivity index (χ0n) is 12.2. The van der Waals surface area contributed by atoms with Gasteiger partial charge in [0.05, 0.1) is 11.5 Å². The lowest BCUT2D eigenvalue weighted by Crippen LogP contribution is -2.25. The average molecular weight is 311 g/mol. The fourth-order valence-electron chi connectivity index (χ4n) is 2.47. The fraction of sp³-hybridized carbons (Fsp3) is 0.533. The molecule has 2 rings (SSSR count).